The summed E-state index contributed by atoms with van der Waals surface area (Å²) < 4.78 is 0. The molecule has 25 heavy (non-hydrogen) atoms. The van der Waals surface area contributed by atoms with Gasteiger partial charge in [-0.1, -0.05) is 27.7 Å². The van der Waals surface area contributed by atoms with Gasteiger partial charge in [0, 0.05) is 24.5 Å². The Hall–Kier alpha value is -0.570. The Morgan fingerprint density at radius 2 is 1.20 bits per heavy atom. The van der Waals surface area contributed by atoms with Crippen LogP contribution in [0, 0.1) is 17.8 Å². The number of hydrogen-bond donors (Lipinski definition) is 0. The quantitative estimate of drug-likeness (QED) is 0.648. The van der Waals surface area contributed by atoms with Gasteiger partial charge in [0.2, 0.25) is 5.91 Å². The second-order valence-electron chi connectivity index (χ2n) is 8.64. The lowest BCUT2D eigenvalue weighted by Gasteiger charge is -2.42. The van der Waals surface area contributed by atoms with E-state index < -0.39 is 0 Å². The van der Waals surface area contributed by atoms with E-state index in [1.165, 1.54) is 64.5 Å². The summed E-state index contributed by atoms with van der Waals surface area (Å²) in [6.45, 7) is 14.1. The molecule has 146 valence electrons. The van der Waals surface area contributed by atoms with Crippen molar-refractivity contribution in [2.45, 2.75) is 98.1 Å². The van der Waals surface area contributed by atoms with Crippen molar-refractivity contribution in [2.24, 2.45) is 17.8 Å². The van der Waals surface area contributed by atoms with Crippen LogP contribution in [0.5, 0.6) is 0 Å². The van der Waals surface area contributed by atoms with Crippen LogP contribution in [0.4, 0.5) is 0 Å². The fourth-order valence-corrected chi connectivity index (χ4v) is 5.49. The third kappa shape index (κ3) is 5.21. The first-order chi connectivity index (χ1) is 12.0. The molecule has 0 spiro atoms. The SMILES string of the molecule is CCN(CC)C1CCC(C2CCC(N(CC)C(=O)C(C)C)CC2)CC1. The van der Waals surface area contributed by atoms with Crippen LogP contribution in [0.25, 0.3) is 0 Å². The van der Waals surface area contributed by atoms with Crippen LogP contribution < -0.4 is 0 Å². The fourth-order valence-electron chi connectivity index (χ4n) is 5.49. The average molecular weight is 351 g/mol. The molecule has 3 heteroatoms. The Kier molecular flexibility index (Phi) is 8.25. The molecular formula is C22H42N2O. The minimum absolute atomic E-state index is 0.132. The minimum Gasteiger partial charge on any atom is -0.340 e. The van der Waals surface area contributed by atoms with Crippen LogP contribution in [0.3, 0.4) is 0 Å². The molecule has 0 atom stereocenters. The molecule has 0 aromatic rings. The molecular weight excluding hydrogens is 308 g/mol. The molecule has 0 saturated heterocycles. The Labute approximate surface area is 156 Å². The monoisotopic (exact) mass is 350 g/mol. The van der Waals surface area contributed by atoms with E-state index in [-0.39, 0.29) is 5.92 Å². The molecule has 1 amide bonds. The Morgan fingerprint density at radius 1 is 0.760 bits per heavy atom. The fraction of sp³-hybridized carbons (Fsp3) is 0.955. The van der Waals surface area contributed by atoms with Gasteiger partial charge in [0.1, 0.15) is 0 Å². The molecule has 3 nitrogen and oxygen atoms in total. The van der Waals surface area contributed by atoms with Crippen molar-refractivity contribution < 1.29 is 4.79 Å². The average Bonchev–Trinajstić information content (AvgIpc) is 2.64. The Balaban J connectivity index is 1.80. The Morgan fingerprint density at radius 3 is 1.56 bits per heavy atom. The maximum atomic E-state index is 12.4. The normalized spacial score (nSPS) is 30.7. The van der Waals surface area contributed by atoms with E-state index in [2.05, 4.69) is 30.6 Å². The largest absolute Gasteiger partial charge is 0.340 e. The van der Waals surface area contributed by atoms with Crippen LogP contribution in [-0.2, 0) is 4.79 Å². The zero-order valence-corrected chi connectivity index (χ0v) is 17.5. The minimum atomic E-state index is 0.132. The summed E-state index contributed by atoms with van der Waals surface area (Å²) >= 11 is 0. The molecule has 2 aliphatic rings. The molecule has 0 bridgehead atoms. The zero-order valence-electron chi connectivity index (χ0n) is 17.5. The van der Waals surface area contributed by atoms with Gasteiger partial charge in [-0.15, -0.1) is 0 Å². The van der Waals surface area contributed by atoms with E-state index in [0.29, 0.717) is 11.9 Å². The highest BCUT2D eigenvalue weighted by atomic mass is 16.2. The molecule has 0 radical (unpaired) electrons. The number of hydrogen-bond acceptors (Lipinski definition) is 2. The number of carbonyl (C=O) groups excluding carboxylic acids is 1. The van der Waals surface area contributed by atoms with Crippen LogP contribution >= 0.6 is 0 Å². The van der Waals surface area contributed by atoms with Gasteiger partial charge in [0.15, 0.2) is 0 Å². The maximum Gasteiger partial charge on any atom is 0.225 e. The maximum absolute atomic E-state index is 12.4. The smallest absolute Gasteiger partial charge is 0.225 e. The van der Waals surface area contributed by atoms with E-state index in [1.54, 1.807) is 0 Å². The zero-order chi connectivity index (χ0) is 18.4. The summed E-state index contributed by atoms with van der Waals surface area (Å²) in [5.41, 5.74) is 0. The van der Waals surface area contributed by atoms with E-state index in [9.17, 15) is 4.79 Å². The summed E-state index contributed by atoms with van der Waals surface area (Å²) in [4.78, 5) is 17.3. The first-order valence-corrected chi connectivity index (χ1v) is 11.1. The standard InChI is InChI=1S/C22H42N2O/c1-6-23(7-2)20-13-9-18(10-14-20)19-11-15-21(16-12-19)24(8-3)22(25)17(4)5/h17-21H,6-16H2,1-5H3. The molecule has 0 aromatic heterocycles. The van der Waals surface area contributed by atoms with Gasteiger partial charge in [-0.05, 0) is 83.2 Å². The summed E-state index contributed by atoms with van der Waals surface area (Å²) in [6.07, 6.45) is 10.8. The highest BCUT2D eigenvalue weighted by Crippen LogP contribution is 2.40. The van der Waals surface area contributed by atoms with E-state index >= 15 is 0 Å². The van der Waals surface area contributed by atoms with Crippen molar-refractivity contribution in [1.82, 2.24) is 9.80 Å². The predicted molar refractivity (Wildman–Crippen MR) is 107 cm³/mol. The number of carbonyl (C=O) groups is 1. The first kappa shape index (κ1) is 20.7. The molecule has 0 heterocycles. The van der Waals surface area contributed by atoms with Crippen LogP contribution in [0.1, 0.15) is 86.0 Å². The molecule has 2 aliphatic carbocycles. The molecule has 0 unspecified atom stereocenters. The van der Waals surface area contributed by atoms with Crippen molar-refractivity contribution in [3.63, 3.8) is 0 Å². The van der Waals surface area contributed by atoms with Gasteiger partial charge in [-0.25, -0.2) is 0 Å². The predicted octanol–water partition coefficient (Wildman–Crippen LogP) is 4.95. The lowest BCUT2D eigenvalue weighted by atomic mass is 9.71. The lowest BCUT2D eigenvalue weighted by molar-refractivity contribution is -0.137. The van der Waals surface area contributed by atoms with Crippen molar-refractivity contribution in [1.29, 1.82) is 0 Å². The van der Waals surface area contributed by atoms with Gasteiger partial charge in [-0.3, -0.25) is 4.79 Å². The van der Waals surface area contributed by atoms with Crippen LogP contribution in [0.15, 0.2) is 0 Å². The van der Waals surface area contributed by atoms with Gasteiger partial charge < -0.3 is 9.80 Å². The summed E-state index contributed by atoms with van der Waals surface area (Å²) in [6, 6.07) is 1.34. The summed E-state index contributed by atoms with van der Waals surface area (Å²) in [7, 11) is 0. The highest BCUT2D eigenvalue weighted by Gasteiger charge is 2.34. The number of nitrogens with zero attached hydrogens (tertiary/aromatic N) is 2. The molecule has 0 aliphatic heterocycles. The summed E-state index contributed by atoms with van der Waals surface area (Å²) in [5.74, 6) is 2.35. The van der Waals surface area contributed by atoms with Crippen LogP contribution in [-0.4, -0.2) is 47.4 Å². The van der Waals surface area contributed by atoms with E-state index in [0.717, 1.165) is 24.4 Å². The van der Waals surface area contributed by atoms with Crippen molar-refractivity contribution in [3.05, 3.63) is 0 Å². The molecule has 2 saturated carbocycles. The third-order valence-electron chi connectivity index (χ3n) is 7.04. The molecule has 0 N–H and O–H groups in total. The first-order valence-electron chi connectivity index (χ1n) is 11.1. The van der Waals surface area contributed by atoms with Gasteiger partial charge in [0.25, 0.3) is 0 Å². The van der Waals surface area contributed by atoms with E-state index in [1.807, 2.05) is 13.8 Å². The molecule has 2 rings (SSSR count). The third-order valence-corrected chi connectivity index (χ3v) is 7.04. The van der Waals surface area contributed by atoms with Crippen molar-refractivity contribution in [2.75, 3.05) is 19.6 Å². The van der Waals surface area contributed by atoms with Crippen LogP contribution in [0.2, 0.25) is 0 Å². The second-order valence-corrected chi connectivity index (χ2v) is 8.64. The lowest BCUT2D eigenvalue weighted by Crippen LogP contribution is -2.45. The number of rotatable bonds is 7. The molecule has 2 fully saturated rings. The van der Waals surface area contributed by atoms with E-state index in [4.69, 9.17) is 0 Å². The second kappa shape index (κ2) is 9.94. The topological polar surface area (TPSA) is 23.6 Å². The van der Waals surface area contributed by atoms with Gasteiger partial charge in [-0.2, -0.15) is 0 Å². The number of amides is 1. The molecule has 0 aromatic carbocycles. The van der Waals surface area contributed by atoms with Crippen molar-refractivity contribution in [3.8, 4) is 0 Å². The van der Waals surface area contributed by atoms with Gasteiger partial charge >= 0.3 is 0 Å². The highest BCUT2D eigenvalue weighted by molar-refractivity contribution is 5.78. The van der Waals surface area contributed by atoms with Gasteiger partial charge in [0.05, 0.1) is 0 Å². The Bertz CT molecular complexity index is 389. The summed E-state index contributed by atoms with van der Waals surface area (Å²) in [5, 5.41) is 0. The van der Waals surface area contributed by atoms with Crippen molar-refractivity contribution >= 4 is 5.91 Å².